The molecule has 1 aromatic rings. The monoisotopic (exact) mass is 262 g/mol. The van der Waals surface area contributed by atoms with E-state index in [1.807, 2.05) is 0 Å². The second-order valence-corrected chi connectivity index (χ2v) is 5.53. The lowest BCUT2D eigenvalue weighted by atomic mass is 9.86. The standard InChI is InChI=1S/C16H22O3/c1-12(17)13-7-8-14(18-3)15(11-13)19-16(2)9-5-4-6-10-16/h7-8,11H,4-6,9-10H2,1-3H3. The van der Waals surface area contributed by atoms with Crippen LogP contribution in [-0.4, -0.2) is 18.5 Å². The number of ketones is 1. The lowest BCUT2D eigenvalue weighted by molar-refractivity contribution is 0.0458. The molecule has 0 spiro atoms. The zero-order valence-electron chi connectivity index (χ0n) is 12.0. The van der Waals surface area contributed by atoms with Gasteiger partial charge in [-0.3, -0.25) is 4.79 Å². The minimum atomic E-state index is -0.138. The maximum Gasteiger partial charge on any atom is 0.162 e. The third kappa shape index (κ3) is 3.28. The van der Waals surface area contributed by atoms with E-state index in [0.29, 0.717) is 17.1 Å². The van der Waals surface area contributed by atoms with Gasteiger partial charge in [0.25, 0.3) is 0 Å². The Morgan fingerprint density at radius 1 is 1.16 bits per heavy atom. The summed E-state index contributed by atoms with van der Waals surface area (Å²) in [7, 11) is 1.62. The lowest BCUT2D eigenvalue weighted by Crippen LogP contribution is -2.34. The first-order valence-corrected chi connectivity index (χ1v) is 6.92. The highest BCUT2D eigenvalue weighted by atomic mass is 16.5. The fourth-order valence-corrected chi connectivity index (χ4v) is 2.64. The molecule has 0 saturated heterocycles. The molecule has 1 saturated carbocycles. The third-order valence-electron chi connectivity index (χ3n) is 3.84. The molecule has 0 aliphatic heterocycles. The van der Waals surface area contributed by atoms with Gasteiger partial charge in [0.2, 0.25) is 0 Å². The van der Waals surface area contributed by atoms with Gasteiger partial charge in [-0.2, -0.15) is 0 Å². The molecule has 2 rings (SSSR count). The molecule has 1 aliphatic carbocycles. The molecule has 3 nitrogen and oxygen atoms in total. The van der Waals surface area contributed by atoms with Crippen molar-refractivity contribution in [3.05, 3.63) is 23.8 Å². The lowest BCUT2D eigenvalue weighted by Gasteiger charge is -2.34. The molecule has 0 unspecified atom stereocenters. The second-order valence-electron chi connectivity index (χ2n) is 5.53. The van der Waals surface area contributed by atoms with Crippen LogP contribution >= 0.6 is 0 Å². The number of rotatable bonds is 4. The number of carbonyl (C=O) groups is 1. The molecule has 0 bridgehead atoms. The Balaban J connectivity index is 2.26. The molecule has 1 aliphatic rings. The number of hydrogen-bond acceptors (Lipinski definition) is 3. The molecular formula is C16H22O3. The third-order valence-corrected chi connectivity index (χ3v) is 3.84. The van der Waals surface area contributed by atoms with Crippen molar-refractivity contribution < 1.29 is 14.3 Å². The summed E-state index contributed by atoms with van der Waals surface area (Å²) in [5, 5.41) is 0. The van der Waals surface area contributed by atoms with Crippen LogP contribution in [0.5, 0.6) is 11.5 Å². The molecule has 1 aromatic carbocycles. The molecular weight excluding hydrogens is 240 g/mol. The fourth-order valence-electron chi connectivity index (χ4n) is 2.64. The van der Waals surface area contributed by atoms with Gasteiger partial charge in [-0.1, -0.05) is 6.42 Å². The smallest absolute Gasteiger partial charge is 0.162 e. The average molecular weight is 262 g/mol. The first kappa shape index (κ1) is 13.9. The number of Topliss-reactive ketones (excluding diaryl/α,β-unsaturated/α-hetero) is 1. The zero-order valence-corrected chi connectivity index (χ0v) is 12.0. The molecule has 1 fully saturated rings. The second kappa shape index (κ2) is 5.64. The average Bonchev–Trinajstić information content (AvgIpc) is 2.39. The molecule has 0 N–H and O–H groups in total. The van der Waals surface area contributed by atoms with E-state index >= 15 is 0 Å². The maximum atomic E-state index is 11.5. The normalized spacial score (nSPS) is 17.8. The van der Waals surface area contributed by atoms with E-state index in [1.165, 1.54) is 19.3 Å². The predicted molar refractivity (Wildman–Crippen MR) is 75.1 cm³/mol. The van der Waals surface area contributed by atoms with Gasteiger partial charge in [0, 0.05) is 5.56 Å². The van der Waals surface area contributed by atoms with Crippen molar-refractivity contribution >= 4 is 5.78 Å². The SMILES string of the molecule is COc1ccc(C(C)=O)cc1OC1(C)CCCCC1. The topological polar surface area (TPSA) is 35.5 Å². The summed E-state index contributed by atoms with van der Waals surface area (Å²) in [5.74, 6) is 1.41. The van der Waals surface area contributed by atoms with Crippen molar-refractivity contribution in [2.45, 2.75) is 51.6 Å². The van der Waals surface area contributed by atoms with Crippen LogP contribution in [0.15, 0.2) is 18.2 Å². The number of carbonyl (C=O) groups excluding carboxylic acids is 1. The number of hydrogen-bond donors (Lipinski definition) is 0. The zero-order chi connectivity index (χ0) is 13.9. The number of benzene rings is 1. The highest BCUT2D eigenvalue weighted by Gasteiger charge is 2.29. The molecule has 19 heavy (non-hydrogen) atoms. The Kier molecular flexibility index (Phi) is 4.13. The molecule has 0 atom stereocenters. The van der Waals surface area contributed by atoms with E-state index < -0.39 is 0 Å². The maximum absolute atomic E-state index is 11.5. The summed E-state index contributed by atoms with van der Waals surface area (Å²) in [6.45, 7) is 3.71. The Morgan fingerprint density at radius 2 is 1.84 bits per heavy atom. The van der Waals surface area contributed by atoms with Gasteiger partial charge >= 0.3 is 0 Å². The Labute approximate surface area is 114 Å². The highest BCUT2D eigenvalue weighted by molar-refractivity contribution is 5.94. The summed E-state index contributed by atoms with van der Waals surface area (Å²) in [4.78, 5) is 11.5. The van der Waals surface area contributed by atoms with Gasteiger partial charge in [-0.05, 0) is 57.7 Å². The van der Waals surface area contributed by atoms with Gasteiger partial charge in [-0.25, -0.2) is 0 Å². The van der Waals surface area contributed by atoms with E-state index in [0.717, 1.165) is 12.8 Å². The molecule has 0 heterocycles. The van der Waals surface area contributed by atoms with E-state index in [2.05, 4.69) is 6.92 Å². The summed E-state index contributed by atoms with van der Waals surface area (Å²) < 4.78 is 11.5. The van der Waals surface area contributed by atoms with Crippen LogP contribution in [0.1, 0.15) is 56.3 Å². The van der Waals surface area contributed by atoms with Crippen molar-refractivity contribution in [1.29, 1.82) is 0 Å². The summed E-state index contributed by atoms with van der Waals surface area (Å²) >= 11 is 0. The van der Waals surface area contributed by atoms with Gasteiger partial charge in [-0.15, -0.1) is 0 Å². The first-order valence-electron chi connectivity index (χ1n) is 6.92. The Morgan fingerprint density at radius 3 is 2.42 bits per heavy atom. The van der Waals surface area contributed by atoms with Gasteiger partial charge in [0.05, 0.1) is 7.11 Å². The van der Waals surface area contributed by atoms with Crippen molar-refractivity contribution in [1.82, 2.24) is 0 Å². The van der Waals surface area contributed by atoms with E-state index in [-0.39, 0.29) is 11.4 Å². The highest BCUT2D eigenvalue weighted by Crippen LogP contribution is 2.37. The van der Waals surface area contributed by atoms with Crippen LogP contribution in [0, 0.1) is 0 Å². The molecule has 0 amide bonds. The van der Waals surface area contributed by atoms with Crippen molar-refractivity contribution in [2.75, 3.05) is 7.11 Å². The largest absolute Gasteiger partial charge is 0.493 e. The van der Waals surface area contributed by atoms with Crippen LogP contribution in [-0.2, 0) is 0 Å². The fraction of sp³-hybridized carbons (Fsp3) is 0.562. The molecule has 3 heteroatoms. The summed E-state index contributed by atoms with van der Waals surface area (Å²) in [5.41, 5.74) is 0.524. The molecule has 0 aromatic heterocycles. The van der Waals surface area contributed by atoms with Crippen LogP contribution in [0.2, 0.25) is 0 Å². The van der Waals surface area contributed by atoms with Crippen LogP contribution in [0.25, 0.3) is 0 Å². The van der Waals surface area contributed by atoms with E-state index in [9.17, 15) is 4.79 Å². The Hall–Kier alpha value is -1.51. The van der Waals surface area contributed by atoms with Gasteiger partial charge in [0.1, 0.15) is 5.60 Å². The van der Waals surface area contributed by atoms with E-state index in [1.54, 1.807) is 32.2 Å². The minimum Gasteiger partial charge on any atom is -0.493 e. The van der Waals surface area contributed by atoms with Gasteiger partial charge in [0.15, 0.2) is 17.3 Å². The number of methoxy groups -OCH3 is 1. The van der Waals surface area contributed by atoms with Crippen molar-refractivity contribution in [3.8, 4) is 11.5 Å². The number of ether oxygens (including phenoxy) is 2. The summed E-state index contributed by atoms with van der Waals surface area (Å²) in [6.07, 6.45) is 5.79. The predicted octanol–water partition coefficient (Wildman–Crippen LogP) is 4.00. The Bertz CT molecular complexity index is 459. The first-order chi connectivity index (χ1) is 9.04. The van der Waals surface area contributed by atoms with Crippen molar-refractivity contribution in [2.24, 2.45) is 0 Å². The van der Waals surface area contributed by atoms with E-state index in [4.69, 9.17) is 9.47 Å². The summed E-state index contributed by atoms with van der Waals surface area (Å²) in [6, 6.07) is 5.37. The van der Waals surface area contributed by atoms with Crippen LogP contribution < -0.4 is 9.47 Å². The van der Waals surface area contributed by atoms with Gasteiger partial charge < -0.3 is 9.47 Å². The molecule has 104 valence electrons. The minimum absolute atomic E-state index is 0.0429. The van der Waals surface area contributed by atoms with Crippen LogP contribution in [0.3, 0.4) is 0 Å². The quantitative estimate of drug-likeness (QED) is 0.769. The van der Waals surface area contributed by atoms with Crippen LogP contribution in [0.4, 0.5) is 0 Å². The molecule has 0 radical (unpaired) electrons. The van der Waals surface area contributed by atoms with Crippen molar-refractivity contribution in [3.63, 3.8) is 0 Å².